The highest BCUT2D eigenvalue weighted by molar-refractivity contribution is 8.13. The lowest BCUT2D eigenvalue weighted by atomic mass is 10.2. The molecule has 26 heavy (non-hydrogen) atoms. The first kappa shape index (κ1) is 19.8. The minimum atomic E-state index is -0.647. The van der Waals surface area contributed by atoms with Crippen molar-refractivity contribution in [3.63, 3.8) is 0 Å². The maximum atomic E-state index is 12.0. The van der Waals surface area contributed by atoms with Crippen LogP contribution in [0, 0.1) is 6.92 Å². The van der Waals surface area contributed by atoms with Gasteiger partial charge in [0.25, 0.3) is 11.1 Å². The number of carbonyl (C=O) groups is 4. The minimum Gasteiger partial charge on any atom is -0.454 e. The highest BCUT2D eigenvalue weighted by Crippen LogP contribution is 2.16. The molecular weight excluding hydrogens is 358 g/mol. The molecule has 140 valence electrons. The van der Waals surface area contributed by atoms with Crippen molar-refractivity contribution in [1.82, 2.24) is 9.80 Å². The lowest BCUT2D eigenvalue weighted by Gasteiger charge is -2.18. The molecule has 1 aromatic carbocycles. The van der Waals surface area contributed by atoms with Gasteiger partial charge < -0.3 is 19.9 Å². The number of nitrogens with zero attached hydrogens (tertiary/aromatic N) is 2. The molecule has 2 rings (SSSR count). The maximum Gasteiger partial charge on any atom is 0.326 e. The first-order valence-corrected chi connectivity index (χ1v) is 9.01. The molecule has 8 nitrogen and oxygen atoms in total. The number of rotatable bonds is 7. The lowest BCUT2D eigenvalue weighted by molar-refractivity contribution is -0.152. The number of benzene rings is 1. The number of anilines is 1. The summed E-state index contributed by atoms with van der Waals surface area (Å²) in [5, 5.41) is 2.52. The Bertz CT molecular complexity index is 692. The monoisotopic (exact) mass is 379 g/mol. The van der Waals surface area contributed by atoms with Crippen LogP contribution in [0.25, 0.3) is 0 Å². The highest BCUT2D eigenvalue weighted by atomic mass is 32.2. The molecule has 1 aliphatic rings. The van der Waals surface area contributed by atoms with Gasteiger partial charge in [0, 0.05) is 25.0 Å². The van der Waals surface area contributed by atoms with Gasteiger partial charge in [0.2, 0.25) is 5.91 Å². The van der Waals surface area contributed by atoms with Crippen LogP contribution in [0.5, 0.6) is 0 Å². The molecule has 0 aliphatic carbocycles. The first-order valence-electron chi connectivity index (χ1n) is 8.03. The fourth-order valence-electron chi connectivity index (χ4n) is 2.16. The van der Waals surface area contributed by atoms with Crippen LogP contribution < -0.4 is 5.32 Å². The topological polar surface area (TPSA) is 96.0 Å². The van der Waals surface area contributed by atoms with Crippen molar-refractivity contribution in [2.45, 2.75) is 6.92 Å². The normalized spacial score (nSPS) is 13.5. The summed E-state index contributed by atoms with van der Waals surface area (Å²) in [5.41, 5.74) is 1.72. The number of nitrogens with one attached hydrogen (secondary N) is 1. The number of ether oxygens (including phenoxy) is 1. The zero-order chi connectivity index (χ0) is 19.1. The molecule has 1 saturated heterocycles. The standard InChI is InChI=1S/C17H21N3O5S/c1-12-3-5-13(6-4-12)18-14(21)9-19(2)15(22)11-25-16(23)10-20-7-8-26-17(20)24/h3-6H,7-11H2,1-2H3,(H,18,21). The molecule has 0 saturated carbocycles. The Morgan fingerprint density at radius 1 is 1.27 bits per heavy atom. The quantitative estimate of drug-likeness (QED) is 0.713. The lowest BCUT2D eigenvalue weighted by Crippen LogP contribution is -2.38. The van der Waals surface area contributed by atoms with E-state index in [2.05, 4.69) is 5.32 Å². The van der Waals surface area contributed by atoms with E-state index in [1.54, 1.807) is 12.1 Å². The third-order valence-corrected chi connectivity index (χ3v) is 4.56. The molecule has 9 heteroatoms. The van der Waals surface area contributed by atoms with Gasteiger partial charge >= 0.3 is 5.97 Å². The number of hydrogen-bond acceptors (Lipinski definition) is 6. The van der Waals surface area contributed by atoms with Crippen LogP contribution in [0.15, 0.2) is 24.3 Å². The van der Waals surface area contributed by atoms with Crippen LogP contribution in [0.3, 0.4) is 0 Å². The second kappa shape index (κ2) is 9.23. The van der Waals surface area contributed by atoms with Crippen molar-refractivity contribution >= 4 is 40.5 Å². The highest BCUT2D eigenvalue weighted by Gasteiger charge is 2.24. The van der Waals surface area contributed by atoms with E-state index >= 15 is 0 Å². The smallest absolute Gasteiger partial charge is 0.326 e. The molecule has 1 N–H and O–H groups in total. The number of aryl methyl sites for hydroxylation is 1. The van der Waals surface area contributed by atoms with Gasteiger partial charge in [-0.1, -0.05) is 29.5 Å². The summed E-state index contributed by atoms with van der Waals surface area (Å²) in [5.74, 6) is -0.855. The minimum absolute atomic E-state index is 0.161. The maximum absolute atomic E-state index is 12.0. The van der Waals surface area contributed by atoms with Gasteiger partial charge in [0.05, 0.1) is 6.54 Å². The molecular formula is C17H21N3O5S. The largest absolute Gasteiger partial charge is 0.454 e. The van der Waals surface area contributed by atoms with Gasteiger partial charge in [-0.15, -0.1) is 0 Å². The fourth-order valence-corrected chi connectivity index (χ4v) is 2.99. The number of likely N-dealkylation sites (N-methyl/N-ethyl adjacent to an activating group) is 1. The van der Waals surface area contributed by atoms with E-state index in [1.165, 1.54) is 16.8 Å². The van der Waals surface area contributed by atoms with Gasteiger partial charge in [-0.05, 0) is 19.1 Å². The number of esters is 1. The van der Waals surface area contributed by atoms with E-state index in [0.717, 1.165) is 17.3 Å². The van der Waals surface area contributed by atoms with Crippen molar-refractivity contribution < 1.29 is 23.9 Å². The summed E-state index contributed by atoms with van der Waals surface area (Å²) in [7, 11) is 1.45. The molecule has 0 bridgehead atoms. The molecule has 1 aromatic rings. The van der Waals surface area contributed by atoms with E-state index < -0.39 is 18.5 Å². The van der Waals surface area contributed by atoms with Gasteiger partial charge in [0.15, 0.2) is 6.61 Å². The molecule has 1 fully saturated rings. The third-order valence-electron chi connectivity index (χ3n) is 3.66. The average molecular weight is 379 g/mol. The van der Waals surface area contributed by atoms with Crippen LogP contribution in [0.4, 0.5) is 10.5 Å². The van der Waals surface area contributed by atoms with E-state index in [1.807, 2.05) is 19.1 Å². The van der Waals surface area contributed by atoms with Gasteiger partial charge in [-0.3, -0.25) is 19.2 Å². The SMILES string of the molecule is Cc1ccc(NC(=O)CN(C)C(=O)COC(=O)CN2CCSC2=O)cc1. The fraction of sp³-hybridized carbons (Fsp3) is 0.412. The van der Waals surface area contributed by atoms with E-state index in [4.69, 9.17) is 4.74 Å². The van der Waals surface area contributed by atoms with E-state index in [9.17, 15) is 19.2 Å². The molecule has 0 atom stereocenters. The summed E-state index contributed by atoms with van der Waals surface area (Å²) < 4.78 is 4.88. The Morgan fingerprint density at radius 3 is 2.58 bits per heavy atom. The van der Waals surface area contributed by atoms with Crippen LogP contribution in [-0.4, -0.2) is 71.9 Å². The van der Waals surface area contributed by atoms with E-state index in [-0.39, 0.29) is 24.2 Å². The zero-order valence-electron chi connectivity index (χ0n) is 14.7. The summed E-state index contributed by atoms with van der Waals surface area (Å²) in [6.45, 7) is 1.63. The predicted molar refractivity (Wildman–Crippen MR) is 97.8 cm³/mol. The molecule has 0 unspecified atom stereocenters. The van der Waals surface area contributed by atoms with Crippen molar-refractivity contribution in [2.24, 2.45) is 0 Å². The van der Waals surface area contributed by atoms with Crippen molar-refractivity contribution in [2.75, 3.05) is 44.4 Å². The summed E-state index contributed by atoms with van der Waals surface area (Å²) in [4.78, 5) is 49.6. The predicted octanol–water partition coefficient (Wildman–Crippen LogP) is 1.10. The Kier molecular flexibility index (Phi) is 7.02. The number of amides is 3. The second-order valence-corrected chi connectivity index (χ2v) is 6.91. The first-order chi connectivity index (χ1) is 12.3. The number of carbonyl (C=O) groups excluding carboxylic acids is 4. The Balaban J connectivity index is 1.70. The third kappa shape index (κ3) is 6.07. The molecule has 0 spiro atoms. The second-order valence-electron chi connectivity index (χ2n) is 5.86. The van der Waals surface area contributed by atoms with Gasteiger partial charge in [-0.25, -0.2) is 0 Å². The molecule has 0 aromatic heterocycles. The molecule has 1 heterocycles. The van der Waals surface area contributed by atoms with Gasteiger partial charge in [-0.2, -0.15) is 0 Å². The van der Waals surface area contributed by atoms with Crippen molar-refractivity contribution in [3.8, 4) is 0 Å². The van der Waals surface area contributed by atoms with Crippen LogP contribution >= 0.6 is 11.8 Å². The average Bonchev–Trinajstić information content (AvgIpc) is 2.99. The molecule has 3 amide bonds. The van der Waals surface area contributed by atoms with Crippen LogP contribution in [0.2, 0.25) is 0 Å². The number of thioether (sulfide) groups is 1. The Hall–Kier alpha value is -2.55. The zero-order valence-corrected chi connectivity index (χ0v) is 15.5. The molecule has 1 aliphatic heterocycles. The van der Waals surface area contributed by atoms with Crippen molar-refractivity contribution in [1.29, 1.82) is 0 Å². The van der Waals surface area contributed by atoms with E-state index in [0.29, 0.717) is 18.0 Å². The van der Waals surface area contributed by atoms with Crippen LogP contribution in [-0.2, 0) is 19.1 Å². The van der Waals surface area contributed by atoms with Crippen LogP contribution in [0.1, 0.15) is 5.56 Å². The summed E-state index contributed by atoms with van der Waals surface area (Å²) >= 11 is 1.14. The van der Waals surface area contributed by atoms with Gasteiger partial charge in [0.1, 0.15) is 6.54 Å². The Labute approximate surface area is 155 Å². The summed E-state index contributed by atoms with van der Waals surface area (Å²) in [6.07, 6.45) is 0. The Morgan fingerprint density at radius 2 is 1.96 bits per heavy atom. The summed E-state index contributed by atoms with van der Waals surface area (Å²) in [6, 6.07) is 7.28. The van der Waals surface area contributed by atoms with Crippen molar-refractivity contribution in [3.05, 3.63) is 29.8 Å². The number of hydrogen-bond donors (Lipinski definition) is 1. The molecule has 0 radical (unpaired) electrons.